The van der Waals surface area contributed by atoms with Crippen molar-refractivity contribution in [3.63, 3.8) is 0 Å². The molecule has 0 atom stereocenters. The quantitative estimate of drug-likeness (QED) is 0.390. The minimum atomic E-state index is -0.798. The Morgan fingerprint density at radius 1 is 1.04 bits per heavy atom. The van der Waals surface area contributed by atoms with Crippen LogP contribution < -0.4 is 0 Å². The summed E-state index contributed by atoms with van der Waals surface area (Å²) in [7, 11) is 0. The summed E-state index contributed by atoms with van der Waals surface area (Å²) in [5.74, 6) is -0.286. The highest BCUT2D eigenvalue weighted by Gasteiger charge is 2.20. The third-order valence-corrected chi connectivity index (χ3v) is 3.57. The van der Waals surface area contributed by atoms with Gasteiger partial charge in [0, 0.05) is 16.5 Å². The Kier molecular flexibility index (Phi) is 4.03. The second-order valence-electron chi connectivity index (χ2n) is 4.90. The molecule has 0 aliphatic rings. The van der Waals surface area contributed by atoms with Crippen LogP contribution in [0.4, 0.5) is 22.7 Å². The fourth-order valence-electron chi connectivity index (χ4n) is 2.20. The third-order valence-electron chi connectivity index (χ3n) is 3.34. The second kappa shape index (κ2) is 6.17. The average Bonchev–Trinajstić information content (AvgIpc) is 2.87. The van der Waals surface area contributed by atoms with E-state index in [4.69, 9.17) is 11.6 Å². The van der Waals surface area contributed by atoms with Crippen LogP contribution in [0.15, 0.2) is 46.6 Å². The van der Waals surface area contributed by atoms with Gasteiger partial charge in [0.2, 0.25) is 5.88 Å². The Hall–Kier alpha value is -3.53. The summed E-state index contributed by atoms with van der Waals surface area (Å²) >= 11 is 5.91. The summed E-state index contributed by atoms with van der Waals surface area (Å²) in [5, 5.41) is 40.2. The molecule has 0 saturated carbocycles. The van der Waals surface area contributed by atoms with Gasteiger partial charge < -0.3 is 10.1 Å². The molecule has 3 aromatic rings. The highest BCUT2D eigenvalue weighted by Crippen LogP contribution is 2.39. The van der Waals surface area contributed by atoms with E-state index in [1.54, 1.807) is 18.2 Å². The van der Waals surface area contributed by atoms with Crippen LogP contribution >= 0.6 is 11.6 Å². The first kappa shape index (κ1) is 16.3. The first-order valence-corrected chi connectivity index (χ1v) is 7.09. The molecule has 0 saturated heterocycles. The van der Waals surface area contributed by atoms with Crippen LogP contribution in [-0.4, -0.2) is 19.9 Å². The van der Waals surface area contributed by atoms with Gasteiger partial charge in [0.15, 0.2) is 11.4 Å². The van der Waals surface area contributed by atoms with E-state index in [0.29, 0.717) is 15.9 Å². The molecule has 126 valence electrons. The van der Waals surface area contributed by atoms with Crippen LogP contribution in [0.3, 0.4) is 0 Å². The molecule has 3 rings (SSSR count). The first-order chi connectivity index (χ1) is 11.9. The molecule has 11 heteroatoms. The number of aromatic hydroxyl groups is 1. The van der Waals surface area contributed by atoms with E-state index in [1.807, 2.05) is 0 Å². The predicted octanol–water partition coefficient (Wildman–Crippen LogP) is 4.76. The van der Waals surface area contributed by atoms with Gasteiger partial charge in [-0.15, -0.1) is 10.2 Å². The number of nitrogens with one attached hydrogen (secondary N) is 1. The van der Waals surface area contributed by atoms with Gasteiger partial charge in [-0.3, -0.25) is 20.2 Å². The number of hydrogen-bond donors (Lipinski definition) is 2. The number of azo groups is 1. The fourth-order valence-corrected chi connectivity index (χ4v) is 2.37. The van der Waals surface area contributed by atoms with Crippen molar-refractivity contribution >= 4 is 45.3 Å². The van der Waals surface area contributed by atoms with E-state index >= 15 is 0 Å². The van der Waals surface area contributed by atoms with Crippen molar-refractivity contribution < 1.29 is 15.0 Å². The van der Waals surface area contributed by atoms with Crippen LogP contribution in [0.2, 0.25) is 5.02 Å². The average molecular weight is 362 g/mol. The monoisotopic (exact) mass is 361 g/mol. The molecule has 0 aliphatic carbocycles. The lowest BCUT2D eigenvalue weighted by Crippen LogP contribution is -1.92. The van der Waals surface area contributed by atoms with E-state index in [9.17, 15) is 25.3 Å². The number of nitro groups is 2. The SMILES string of the molecule is O=[N+]([O-])c1ccc(N=Nc2c(O)[nH]c3ccc(Cl)cc23)c([N+](=O)[O-])c1. The van der Waals surface area contributed by atoms with Gasteiger partial charge in [-0.1, -0.05) is 11.6 Å². The van der Waals surface area contributed by atoms with Crippen LogP contribution in [0, 0.1) is 20.2 Å². The van der Waals surface area contributed by atoms with E-state index in [-0.39, 0.29) is 17.3 Å². The Morgan fingerprint density at radius 3 is 2.48 bits per heavy atom. The van der Waals surface area contributed by atoms with Gasteiger partial charge in [-0.2, -0.15) is 0 Å². The zero-order chi connectivity index (χ0) is 18.1. The van der Waals surface area contributed by atoms with Crippen LogP contribution in [0.1, 0.15) is 0 Å². The summed E-state index contributed by atoms with van der Waals surface area (Å²) in [5.41, 5.74) is -0.603. The lowest BCUT2D eigenvalue weighted by atomic mass is 10.2. The lowest BCUT2D eigenvalue weighted by molar-refractivity contribution is -0.393. The molecular weight excluding hydrogens is 354 g/mol. The molecule has 25 heavy (non-hydrogen) atoms. The van der Waals surface area contributed by atoms with Gasteiger partial charge >= 0.3 is 5.69 Å². The molecule has 10 nitrogen and oxygen atoms in total. The van der Waals surface area contributed by atoms with Crippen molar-refractivity contribution in [2.75, 3.05) is 0 Å². The molecule has 0 radical (unpaired) electrons. The van der Waals surface area contributed by atoms with Crippen molar-refractivity contribution in [2.45, 2.75) is 0 Å². The van der Waals surface area contributed by atoms with Crippen LogP contribution in [0.25, 0.3) is 10.9 Å². The predicted molar refractivity (Wildman–Crippen MR) is 88.9 cm³/mol. The highest BCUT2D eigenvalue weighted by molar-refractivity contribution is 6.31. The third kappa shape index (κ3) is 3.10. The van der Waals surface area contributed by atoms with Gasteiger partial charge in [-0.25, -0.2) is 0 Å². The second-order valence-corrected chi connectivity index (χ2v) is 5.34. The van der Waals surface area contributed by atoms with E-state index in [0.717, 1.165) is 18.2 Å². The summed E-state index contributed by atoms with van der Waals surface area (Å²) in [6, 6.07) is 7.77. The molecule has 0 spiro atoms. The Balaban J connectivity index is 2.08. The minimum absolute atomic E-state index is 0.0464. The Bertz CT molecular complexity index is 1050. The van der Waals surface area contributed by atoms with Crippen LogP contribution in [0.5, 0.6) is 5.88 Å². The number of aromatic amines is 1. The number of aromatic nitrogens is 1. The molecule has 1 aromatic heterocycles. The van der Waals surface area contributed by atoms with Crippen molar-refractivity contribution in [3.8, 4) is 5.88 Å². The molecule has 0 bridgehead atoms. The maximum absolute atomic E-state index is 11.1. The van der Waals surface area contributed by atoms with E-state index < -0.39 is 21.2 Å². The number of hydrogen-bond acceptors (Lipinski definition) is 7. The smallest absolute Gasteiger partial charge is 0.303 e. The normalized spacial score (nSPS) is 11.2. The number of fused-ring (bicyclic) bond motifs is 1. The largest absolute Gasteiger partial charge is 0.493 e. The van der Waals surface area contributed by atoms with Crippen LogP contribution in [-0.2, 0) is 0 Å². The fraction of sp³-hybridized carbons (Fsp3) is 0. The van der Waals surface area contributed by atoms with Crippen molar-refractivity contribution in [1.29, 1.82) is 0 Å². The van der Waals surface area contributed by atoms with Crippen molar-refractivity contribution in [1.82, 2.24) is 4.98 Å². The van der Waals surface area contributed by atoms with Gasteiger partial charge in [0.1, 0.15) is 0 Å². The van der Waals surface area contributed by atoms with Gasteiger partial charge in [0.05, 0.1) is 21.4 Å². The molecular formula is C14H8ClN5O5. The summed E-state index contributed by atoms with van der Waals surface area (Å²) in [4.78, 5) is 22.9. The van der Waals surface area contributed by atoms with E-state index in [2.05, 4.69) is 15.2 Å². The topological polar surface area (TPSA) is 147 Å². The Labute approximate surface area is 143 Å². The number of benzene rings is 2. The molecule has 1 heterocycles. The number of H-pyrrole nitrogens is 1. The number of non-ortho nitro benzene ring substituents is 1. The number of nitrogens with zero attached hydrogens (tertiary/aromatic N) is 4. The number of halogens is 1. The van der Waals surface area contributed by atoms with Crippen molar-refractivity contribution in [3.05, 3.63) is 61.6 Å². The van der Waals surface area contributed by atoms with E-state index in [1.165, 1.54) is 0 Å². The maximum atomic E-state index is 11.1. The molecule has 2 aromatic carbocycles. The molecule has 0 unspecified atom stereocenters. The standard InChI is InChI=1S/C14H8ClN5O5/c15-7-1-3-10-9(5-7)13(14(21)16-10)18-17-11-4-2-8(19(22)23)6-12(11)20(24)25/h1-6,16,21H. The summed E-state index contributed by atoms with van der Waals surface area (Å²) in [6.07, 6.45) is 0. The molecule has 0 amide bonds. The molecule has 0 fully saturated rings. The Morgan fingerprint density at radius 2 is 1.80 bits per heavy atom. The van der Waals surface area contributed by atoms with Gasteiger partial charge in [0.25, 0.3) is 5.69 Å². The number of nitro benzene ring substituents is 2. The molecule has 0 aliphatic heterocycles. The number of rotatable bonds is 4. The first-order valence-electron chi connectivity index (χ1n) is 6.71. The lowest BCUT2D eigenvalue weighted by Gasteiger charge is -1.97. The van der Waals surface area contributed by atoms with Crippen molar-refractivity contribution in [2.24, 2.45) is 10.2 Å². The minimum Gasteiger partial charge on any atom is -0.493 e. The maximum Gasteiger partial charge on any atom is 0.303 e. The summed E-state index contributed by atoms with van der Waals surface area (Å²) in [6.45, 7) is 0. The zero-order valence-electron chi connectivity index (χ0n) is 12.2. The molecule has 2 N–H and O–H groups in total. The highest BCUT2D eigenvalue weighted by atomic mass is 35.5. The van der Waals surface area contributed by atoms with Gasteiger partial charge in [-0.05, 0) is 24.3 Å². The zero-order valence-corrected chi connectivity index (χ0v) is 13.0. The summed E-state index contributed by atoms with van der Waals surface area (Å²) < 4.78 is 0.